The van der Waals surface area contributed by atoms with Crippen molar-refractivity contribution in [1.29, 1.82) is 0 Å². The summed E-state index contributed by atoms with van der Waals surface area (Å²) >= 11 is 0. The van der Waals surface area contributed by atoms with E-state index in [-0.39, 0.29) is 12.2 Å². The van der Waals surface area contributed by atoms with Gasteiger partial charge in [-0.25, -0.2) is 0 Å². The van der Waals surface area contributed by atoms with E-state index in [1.54, 1.807) is 0 Å². The van der Waals surface area contributed by atoms with Crippen LogP contribution in [0, 0.1) is 0 Å². The predicted octanol–water partition coefficient (Wildman–Crippen LogP) is -0.619. The first-order valence-electron chi connectivity index (χ1n) is 9.20. The number of esters is 5. The third kappa shape index (κ3) is 8.61. The Morgan fingerprint density at radius 1 is 0.806 bits per heavy atom. The lowest BCUT2D eigenvalue weighted by Crippen LogP contribution is -2.63. The van der Waals surface area contributed by atoms with Crippen molar-refractivity contribution in [2.45, 2.75) is 64.0 Å². The number of carbonyl (C=O) groups excluding carboxylic acids is 5. The molecule has 0 amide bonds. The van der Waals surface area contributed by atoms with E-state index in [1.165, 1.54) is 7.11 Å². The average molecular weight is 466 g/mol. The zero-order chi connectivity index (χ0) is 23.7. The SMILES string of the molecule is COC(=O)CCS(=O)[C@@H]1O[C@H](COC(C)=O)[C@@H](OC(C)=O)[C@H](OC(C)=O)[C@H]1OC(C)=O. The number of methoxy groups -OCH3 is 1. The van der Waals surface area contributed by atoms with Crippen molar-refractivity contribution >= 4 is 40.6 Å². The highest BCUT2D eigenvalue weighted by molar-refractivity contribution is 7.85. The first kappa shape index (κ1) is 26.5. The first-order chi connectivity index (χ1) is 14.5. The predicted molar refractivity (Wildman–Crippen MR) is 102 cm³/mol. The van der Waals surface area contributed by atoms with Gasteiger partial charge in [0.1, 0.15) is 12.7 Å². The van der Waals surface area contributed by atoms with Crippen molar-refractivity contribution in [2.75, 3.05) is 19.5 Å². The lowest BCUT2D eigenvalue weighted by molar-refractivity contribution is -0.238. The van der Waals surface area contributed by atoms with Crippen LogP contribution in [0.15, 0.2) is 0 Å². The second kappa shape index (κ2) is 12.3. The van der Waals surface area contributed by atoms with Crippen molar-refractivity contribution in [3.8, 4) is 0 Å². The first-order valence-corrected chi connectivity index (χ1v) is 10.6. The Morgan fingerprint density at radius 3 is 1.81 bits per heavy atom. The minimum absolute atomic E-state index is 0.222. The summed E-state index contributed by atoms with van der Waals surface area (Å²) in [6.45, 7) is 3.96. The van der Waals surface area contributed by atoms with Crippen molar-refractivity contribution in [3.63, 3.8) is 0 Å². The molecule has 13 heteroatoms. The summed E-state index contributed by atoms with van der Waals surface area (Å²) in [6, 6.07) is 0. The molecule has 0 spiro atoms. The minimum Gasteiger partial charge on any atom is -0.469 e. The molecule has 1 rings (SSSR count). The lowest BCUT2D eigenvalue weighted by atomic mass is 9.99. The molecule has 0 saturated carbocycles. The topological polar surface area (TPSA) is 158 Å². The van der Waals surface area contributed by atoms with Crippen molar-refractivity contribution in [2.24, 2.45) is 0 Å². The van der Waals surface area contributed by atoms with Gasteiger partial charge in [-0.05, 0) is 0 Å². The largest absolute Gasteiger partial charge is 0.469 e. The van der Waals surface area contributed by atoms with E-state index in [0.29, 0.717) is 0 Å². The normalized spacial score (nSPS) is 26.2. The number of carbonyl (C=O) groups is 5. The van der Waals surface area contributed by atoms with E-state index < -0.39 is 77.1 Å². The van der Waals surface area contributed by atoms with Gasteiger partial charge in [-0.2, -0.15) is 0 Å². The maximum atomic E-state index is 12.9. The van der Waals surface area contributed by atoms with Crippen LogP contribution in [0.5, 0.6) is 0 Å². The molecule has 0 aromatic carbocycles. The molecule has 1 aliphatic heterocycles. The summed E-state index contributed by atoms with van der Waals surface area (Å²) < 4.78 is 43.7. The van der Waals surface area contributed by atoms with Crippen molar-refractivity contribution in [3.05, 3.63) is 0 Å². The van der Waals surface area contributed by atoms with Gasteiger partial charge in [0.25, 0.3) is 0 Å². The summed E-state index contributed by atoms with van der Waals surface area (Å²) in [5, 5.41) is 0. The van der Waals surface area contributed by atoms with E-state index in [0.717, 1.165) is 27.7 Å². The zero-order valence-electron chi connectivity index (χ0n) is 17.8. The Balaban J connectivity index is 3.33. The van der Waals surface area contributed by atoms with Gasteiger partial charge in [0.15, 0.2) is 23.7 Å². The Bertz CT molecular complexity index is 720. The van der Waals surface area contributed by atoms with Gasteiger partial charge in [0, 0.05) is 33.4 Å². The highest BCUT2D eigenvalue weighted by atomic mass is 32.2. The van der Waals surface area contributed by atoms with Crippen LogP contribution < -0.4 is 0 Å². The smallest absolute Gasteiger partial charge is 0.306 e. The van der Waals surface area contributed by atoms with Gasteiger partial charge in [0.2, 0.25) is 0 Å². The molecule has 0 bridgehead atoms. The molecule has 1 fully saturated rings. The fraction of sp³-hybridized carbons (Fsp3) is 0.722. The van der Waals surface area contributed by atoms with Crippen LogP contribution in [0.2, 0.25) is 0 Å². The van der Waals surface area contributed by atoms with Gasteiger partial charge in [-0.1, -0.05) is 0 Å². The van der Waals surface area contributed by atoms with Crippen LogP contribution in [0.3, 0.4) is 0 Å². The van der Waals surface area contributed by atoms with Crippen LogP contribution in [-0.4, -0.2) is 83.4 Å². The van der Waals surface area contributed by atoms with Crippen LogP contribution >= 0.6 is 0 Å². The molecule has 1 saturated heterocycles. The van der Waals surface area contributed by atoms with Crippen LogP contribution in [-0.2, 0) is 63.2 Å². The van der Waals surface area contributed by atoms with Crippen molar-refractivity contribution < 1.29 is 56.6 Å². The van der Waals surface area contributed by atoms with Crippen LogP contribution in [0.25, 0.3) is 0 Å². The van der Waals surface area contributed by atoms with E-state index >= 15 is 0 Å². The van der Waals surface area contributed by atoms with E-state index in [4.69, 9.17) is 23.7 Å². The summed E-state index contributed by atoms with van der Waals surface area (Å²) in [5.74, 6) is -3.89. The molecule has 31 heavy (non-hydrogen) atoms. The Morgan fingerprint density at radius 2 is 1.32 bits per heavy atom. The molecule has 0 aromatic heterocycles. The Labute approximate surface area is 181 Å². The highest BCUT2D eigenvalue weighted by Crippen LogP contribution is 2.31. The summed E-state index contributed by atoms with van der Waals surface area (Å²) in [4.78, 5) is 57.7. The molecule has 1 heterocycles. The molecule has 176 valence electrons. The fourth-order valence-electron chi connectivity index (χ4n) is 2.80. The maximum Gasteiger partial charge on any atom is 0.306 e. The van der Waals surface area contributed by atoms with Gasteiger partial charge in [-0.3, -0.25) is 28.2 Å². The lowest BCUT2D eigenvalue weighted by Gasteiger charge is -2.43. The summed E-state index contributed by atoms with van der Waals surface area (Å²) in [7, 11) is -0.780. The number of rotatable bonds is 9. The van der Waals surface area contributed by atoms with E-state index in [1.807, 2.05) is 0 Å². The van der Waals surface area contributed by atoms with Crippen LogP contribution in [0.1, 0.15) is 34.1 Å². The number of hydrogen-bond donors (Lipinski definition) is 0. The third-order valence-electron chi connectivity index (χ3n) is 3.94. The molecule has 0 N–H and O–H groups in total. The number of hydrogen-bond acceptors (Lipinski definition) is 12. The third-order valence-corrected chi connectivity index (χ3v) is 5.45. The number of ether oxygens (including phenoxy) is 6. The molecular weight excluding hydrogens is 440 g/mol. The Hall–Kier alpha value is -2.54. The highest BCUT2D eigenvalue weighted by Gasteiger charge is 2.53. The molecule has 1 unspecified atom stereocenters. The molecule has 12 nitrogen and oxygen atoms in total. The molecule has 6 atom stereocenters. The average Bonchev–Trinajstić information content (AvgIpc) is 2.66. The molecule has 0 aliphatic carbocycles. The van der Waals surface area contributed by atoms with Gasteiger partial charge >= 0.3 is 29.8 Å². The van der Waals surface area contributed by atoms with Gasteiger partial charge in [0.05, 0.1) is 24.3 Å². The Kier molecular flexibility index (Phi) is 10.6. The molecular formula is C18H26O12S. The van der Waals surface area contributed by atoms with Gasteiger partial charge < -0.3 is 28.4 Å². The fourth-order valence-corrected chi connectivity index (χ4v) is 4.18. The summed E-state index contributed by atoms with van der Waals surface area (Å²) in [6.07, 6.45) is -5.60. The minimum atomic E-state index is -1.95. The molecule has 1 aliphatic rings. The maximum absolute atomic E-state index is 12.9. The van der Waals surface area contributed by atoms with E-state index in [2.05, 4.69) is 4.74 Å². The van der Waals surface area contributed by atoms with Gasteiger partial charge in [-0.15, -0.1) is 0 Å². The second-order valence-corrected chi connectivity index (χ2v) is 8.11. The molecule has 0 radical (unpaired) electrons. The molecule has 0 aromatic rings. The standard InChI is InChI=1S/C18H26O12S/c1-9(19)26-8-13-15(27-10(2)20)16(28-11(3)21)17(29-12(4)22)18(30-13)31(24)7-6-14(23)25-5/h13,15-18H,6-8H2,1-5H3/t13-,15-,16+,17-,18+,31?/m1/s1. The monoisotopic (exact) mass is 466 g/mol. The summed E-state index contributed by atoms with van der Waals surface area (Å²) in [5.41, 5.74) is -1.38. The van der Waals surface area contributed by atoms with E-state index in [9.17, 15) is 28.2 Å². The van der Waals surface area contributed by atoms with Crippen molar-refractivity contribution in [1.82, 2.24) is 0 Å². The zero-order valence-corrected chi connectivity index (χ0v) is 18.6. The quantitative estimate of drug-likeness (QED) is 0.314. The van der Waals surface area contributed by atoms with Crippen LogP contribution in [0.4, 0.5) is 0 Å². The second-order valence-electron chi connectivity index (χ2n) is 6.48.